The van der Waals surface area contributed by atoms with Crippen LogP contribution >= 0.6 is 11.3 Å². The van der Waals surface area contributed by atoms with E-state index in [9.17, 15) is 18.0 Å². The number of thiophene rings is 1. The summed E-state index contributed by atoms with van der Waals surface area (Å²) in [5.74, 6) is 0.0812. The van der Waals surface area contributed by atoms with Crippen LogP contribution in [0.1, 0.15) is 5.82 Å². The van der Waals surface area contributed by atoms with E-state index < -0.39 is 18.4 Å². The summed E-state index contributed by atoms with van der Waals surface area (Å²) in [6.07, 6.45) is -1.91. The van der Waals surface area contributed by atoms with Crippen LogP contribution in [0.2, 0.25) is 0 Å². The Morgan fingerprint density at radius 2 is 2.09 bits per heavy atom. The Labute approximate surface area is 125 Å². The van der Waals surface area contributed by atoms with Gasteiger partial charge in [0.1, 0.15) is 23.9 Å². The fraction of sp³-hybridized carbons (Fsp3) is 0.273. The number of alkyl halides is 3. The van der Waals surface area contributed by atoms with E-state index >= 15 is 0 Å². The minimum atomic E-state index is -4.37. The predicted molar refractivity (Wildman–Crippen MR) is 70.9 cm³/mol. The quantitative estimate of drug-likeness (QED) is 0.723. The highest BCUT2D eigenvalue weighted by molar-refractivity contribution is 7.12. The second-order valence-electron chi connectivity index (χ2n) is 4.37. The monoisotopic (exact) mass is 330 g/mol. The molecule has 3 heterocycles. The van der Waals surface area contributed by atoms with E-state index in [-0.39, 0.29) is 12.4 Å². The van der Waals surface area contributed by atoms with Gasteiger partial charge in [-0.15, -0.1) is 11.3 Å². The van der Waals surface area contributed by atoms with Crippen LogP contribution in [0.25, 0.3) is 5.00 Å². The van der Waals surface area contributed by atoms with Crippen LogP contribution in [0.5, 0.6) is 0 Å². The zero-order valence-corrected chi connectivity index (χ0v) is 11.8. The summed E-state index contributed by atoms with van der Waals surface area (Å²) in [6, 6.07) is 3.44. The van der Waals surface area contributed by atoms with Gasteiger partial charge in [-0.05, 0) is 27.9 Å². The third-order valence-corrected chi connectivity index (χ3v) is 3.64. The molecule has 0 spiro atoms. The molecule has 0 aliphatic carbocycles. The molecule has 0 radical (unpaired) electrons. The summed E-state index contributed by atoms with van der Waals surface area (Å²) in [5, 5.41) is 9.74. The molecular weight excluding hydrogens is 321 g/mol. The van der Waals surface area contributed by atoms with E-state index in [1.807, 2.05) is 0 Å². The van der Waals surface area contributed by atoms with Crippen LogP contribution in [-0.2, 0) is 13.1 Å². The van der Waals surface area contributed by atoms with Crippen molar-refractivity contribution in [3.8, 4) is 5.00 Å². The highest BCUT2D eigenvalue weighted by Crippen LogP contribution is 2.18. The van der Waals surface area contributed by atoms with Crippen molar-refractivity contribution in [2.45, 2.75) is 19.3 Å². The maximum absolute atomic E-state index is 12.5. The second-order valence-corrected chi connectivity index (χ2v) is 5.29. The Bertz CT molecular complexity index is 816. The van der Waals surface area contributed by atoms with E-state index in [1.54, 1.807) is 17.5 Å². The minimum absolute atomic E-state index is 0.0812. The van der Waals surface area contributed by atoms with Crippen molar-refractivity contribution in [1.82, 2.24) is 29.3 Å². The Hall–Kier alpha value is -2.43. The molecular formula is C11H9F3N6OS. The van der Waals surface area contributed by atoms with Gasteiger partial charge in [0.15, 0.2) is 0 Å². The molecule has 0 unspecified atom stereocenters. The largest absolute Gasteiger partial charge is 0.406 e. The normalized spacial score (nSPS) is 12.0. The van der Waals surface area contributed by atoms with E-state index in [0.717, 1.165) is 13.9 Å². The Morgan fingerprint density at radius 3 is 2.77 bits per heavy atom. The number of aromatic nitrogens is 6. The lowest BCUT2D eigenvalue weighted by molar-refractivity contribution is -0.141. The van der Waals surface area contributed by atoms with Crippen LogP contribution in [-0.4, -0.2) is 35.5 Å². The van der Waals surface area contributed by atoms with Gasteiger partial charge in [0.05, 0.1) is 0 Å². The number of halogens is 3. The fourth-order valence-electron chi connectivity index (χ4n) is 1.86. The zero-order chi connectivity index (χ0) is 15.7. The van der Waals surface area contributed by atoms with Crippen molar-refractivity contribution in [2.75, 3.05) is 0 Å². The Balaban J connectivity index is 1.86. The molecule has 22 heavy (non-hydrogen) atoms. The lowest BCUT2D eigenvalue weighted by Gasteiger charge is -2.09. The molecule has 116 valence electrons. The first-order chi connectivity index (χ1) is 10.4. The number of hydrogen-bond donors (Lipinski definition) is 0. The van der Waals surface area contributed by atoms with Crippen LogP contribution in [0.4, 0.5) is 13.2 Å². The van der Waals surface area contributed by atoms with Gasteiger partial charge in [0.25, 0.3) is 0 Å². The van der Waals surface area contributed by atoms with Gasteiger partial charge in [0.2, 0.25) is 0 Å². The molecule has 0 amide bonds. The minimum Gasteiger partial charge on any atom is -0.324 e. The van der Waals surface area contributed by atoms with E-state index in [4.69, 9.17) is 0 Å². The average Bonchev–Trinajstić information content (AvgIpc) is 3.13. The lowest BCUT2D eigenvalue weighted by Crippen LogP contribution is -2.26. The standard InChI is InChI=1S/C11H9F3N6OS/c12-11(13,14)7-18-4-3-15-8(18)6-19-10(21)20(17-16-19)9-2-1-5-22-9/h1-5H,6-7H2. The van der Waals surface area contributed by atoms with Gasteiger partial charge >= 0.3 is 11.9 Å². The fourth-order valence-corrected chi connectivity index (χ4v) is 2.53. The SMILES string of the molecule is O=c1n(Cc2nccn2CC(F)(F)F)nnn1-c1cccs1. The third kappa shape index (κ3) is 2.93. The molecule has 0 fully saturated rings. The number of nitrogens with zero attached hydrogens (tertiary/aromatic N) is 6. The maximum atomic E-state index is 12.5. The predicted octanol–water partition coefficient (Wildman–Crippen LogP) is 1.30. The van der Waals surface area contributed by atoms with Crippen LogP contribution in [0.3, 0.4) is 0 Å². The van der Waals surface area contributed by atoms with Crippen molar-refractivity contribution < 1.29 is 13.2 Å². The molecule has 11 heteroatoms. The van der Waals surface area contributed by atoms with Gasteiger partial charge in [0, 0.05) is 12.4 Å². The second kappa shape index (κ2) is 5.40. The van der Waals surface area contributed by atoms with Crippen molar-refractivity contribution in [3.63, 3.8) is 0 Å². The zero-order valence-electron chi connectivity index (χ0n) is 10.9. The molecule has 0 aliphatic rings. The number of imidazole rings is 1. The molecule has 0 bridgehead atoms. The van der Waals surface area contributed by atoms with Crippen LogP contribution in [0.15, 0.2) is 34.7 Å². The van der Waals surface area contributed by atoms with Gasteiger partial charge in [-0.2, -0.15) is 22.5 Å². The van der Waals surface area contributed by atoms with Gasteiger partial charge in [-0.3, -0.25) is 0 Å². The Kier molecular flexibility index (Phi) is 3.56. The molecule has 0 aliphatic heterocycles. The number of tetrazole rings is 1. The first-order valence-corrected chi connectivity index (χ1v) is 6.95. The number of rotatable bonds is 4. The maximum Gasteiger partial charge on any atom is 0.406 e. The van der Waals surface area contributed by atoms with Gasteiger partial charge in [-0.25, -0.2) is 9.78 Å². The highest BCUT2D eigenvalue weighted by Gasteiger charge is 2.29. The molecule has 0 N–H and O–H groups in total. The molecule has 0 aromatic carbocycles. The van der Waals surface area contributed by atoms with E-state index in [1.165, 1.54) is 23.7 Å². The number of hydrogen-bond acceptors (Lipinski definition) is 5. The highest BCUT2D eigenvalue weighted by atomic mass is 32.1. The van der Waals surface area contributed by atoms with Gasteiger partial charge < -0.3 is 4.57 Å². The Morgan fingerprint density at radius 1 is 1.27 bits per heavy atom. The first-order valence-electron chi connectivity index (χ1n) is 6.07. The van der Waals surface area contributed by atoms with Crippen molar-refractivity contribution in [1.29, 1.82) is 0 Å². The summed E-state index contributed by atoms with van der Waals surface area (Å²) in [4.78, 5) is 16.0. The summed E-state index contributed by atoms with van der Waals surface area (Å²) in [5.41, 5.74) is -0.538. The molecule has 0 saturated heterocycles. The first kappa shape index (κ1) is 14.5. The summed E-state index contributed by atoms with van der Waals surface area (Å²) in [6.45, 7) is -1.36. The topological polar surface area (TPSA) is 70.5 Å². The third-order valence-electron chi connectivity index (χ3n) is 2.80. The summed E-state index contributed by atoms with van der Waals surface area (Å²) in [7, 11) is 0. The molecule has 7 nitrogen and oxygen atoms in total. The van der Waals surface area contributed by atoms with Crippen molar-refractivity contribution >= 4 is 11.3 Å². The summed E-state index contributed by atoms with van der Waals surface area (Å²) < 4.78 is 40.4. The van der Waals surface area contributed by atoms with Crippen LogP contribution < -0.4 is 5.69 Å². The van der Waals surface area contributed by atoms with E-state index in [2.05, 4.69) is 15.4 Å². The van der Waals surface area contributed by atoms with Crippen molar-refractivity contribution in [3.05, 3.63) is 46.2 Å². The summed E-state index contributed by atoms with van der Waals surface area (Å²) >= 11 is 1.30. The molecule has 0 saturated carbocycles. The van der Waals surface area contributed by atoms with E-state index in [0.29, 0.717) is 5.00 Å². The molecule has 3 rings (SSSR count). The van der Waals surface area contributed by atoms with Gasteiger partial charge in [-0.1, -0.05) is 0 Å². The molecule has 0 atom stereocenters. The lowest BCUT2D eigenvalue weighted by atomic mass is 10.5. The average molecular weight is 330 g/mol. The molecule has 3 aromatic rings. The smallest absolute Gasteiger partial charge is 0.324 e. The van der Waals surface area contributed by atoms with Crippen molar-refractivity contribution in [2.24, 2.45) is 0 Å². The molecule has 3 aromatic heterocycles. The van der Waals surface area contributed by atoms with Crippen LogP contribution in [0, 0.1) is 0 Å².